The van der Waals surface area contributed by atoms with E-state index in [-0.39, 0.29) is 75.5 Å². The normalized spacial score (nSPS) is 10.4. The Balaban J connectivity index is 0.00000220. The molecule has 0 aliphatic rings. The number of benzene rings is 2. The van der Waals surface area contributed by atoms with Crippen molar-refractivity contribution in [2.75, 3.05) is 0 Å². The third-order valence-corrected chi connectivity index (χ3v) is 3.56. The van der Waals surface area contributed by atoms with E-state index in [0.29, 0.717) is 6.07 Å². The summed E-state index contributed by atoms with van der Waals surface area (Å²) in [5.74, 6) is -3.15. The van der Waals surface area contributed by atoms with Crippen LogP contribution in [0.5, 0.6) is 0 Å². The first-order valence-electron chi connectivity index (χ1n) is 5.18. The first-order valence-corrected chi connectivity index (χ1v) is 6.62. The smallest absolute Gasteiger partial charge is 0.545 e. The van der Waals surface area contributed by atoms with E-state index in [9.17, 15) is 28.2 Å². The Bertz CT molecular complexity index is 846. The van der Waals surface area contributed by atoms with Crippen molar-refractivity contribution in [2.45, 2.75) is 4.90 Å². The van der Waals surface area contributed by atoms with Gasteiger partial charge < -0.3 is 19.8 Å². The number of carboxylic acids is 2. The van der Waals surface area contributed by atoms with Gasteiger partial charge in [-0.1, -0.05) is 12.1 Å². The van der Waals surface area contributed by atoms with Crippen molar-refractivity contribution in [3.05, 3.63) is 41.5 Å². The maximum Gasteiger partial charge on any atom is 1.00 e. The van der Waals surface area contributed by atoms with E-state index in [0.717, 1.165) is 18.2 Å². The third-order valence-electron chi connectivity index (χ3n) is 2.67. The molecule has 0 bridgehead atoms. The van der Waals surface area contributed by atoms with Crippen molar-refractivity contribution >= 4 is 32.8 Å². The van der Waals surface area contributed by atoms with Crippen LogP contribution in [-0.4, -0.2) is 24.9 Å². The Morgan fingerprint density at radius 3 is 1.91 bits per heavy atom. The van der Waals surface area contributed by atoms with E-state index >= 15 is 0 Å². The van der Waals surface area contributed by atoms with Gasteiger partial charge in [-0.3, -0.25) is 4.55 Å². The molecular formula is C12H6Na2O7S. The van der Waals surface area contributed by atoms with Crippen molar-refractivity contribution < 1.29 is 91.9 Å². The van der Waals surface area contributed by atoms with Gasteiger partial charge in [0.25, 0.3) is 10.1 Å². The summed E-state index contributed by atoms with van der Waals surface area (Å²) in [4.78, 5) is 20.9. The molecule has 22 heavy (non-hydrogen) atoms. The molecule has 2 rings (SSSR count). The van der Waals surface area contributed by atoms with Crippen molar-refractivity contribution in [1.29, 1.82) is 0 Å². The zero-order valence-corrected chi connectivity index (χ0v) is 16.5. The number of carboxylic acid groups (broad SMARTS) is 2. The van der Waals surface area contributed by atoms with E-state index in [2.05, 4.69) is 0 Å². The standard InChI is InChI=1S/C12H8O7S.2Na/c13-11(14)7-2-1-6-3-8(12(15)16)5-10(9(6)4-7)20(17,18)19;;/h1-5H,(H,13,14)(H,15,16)(H,17,18,19);;/q;2*+1/p-2. The fourth-order valence-electron chi connectivity index (χ4n) is 1.78. The minimum absolute atomic E-state index is 0. The fourth-order valence-corrected chi connectivity index (χ4v) is 2.51. The van der Waals surface area contributed by atoms with Crippen LogP contribution in [0.1, 0.15) is 20.7 Å². The molecule has 0 spiro atoms. The van der Waals surface area contributed by atoms with Crippen LogP contribution in [0, 0.1) is 0 Å². The number of rotatable bonds is 3. The Hall–Kier alpha value is -0.450. The van der Waals surface area contributed by atoms with E-state index < -0.39 is 32.5 Å². The molecule has 0 heterocycles. The zero-order valence-electron chi connectivity index (χ0n) is 11.7. The molecule has 2 aromatic carbocycles. The van der Waals surface area contributed by atoms with Crippen molar-refractivity contribution in [2.24, 2.45) is 0 Å². The summed E-state index contributed by atoms with van der Waals surface area (Å²) in [6.07, 6.45) is 0. The largest absolute Gasteiger partial charge is 1.00 e. The SMILES string of the molecule is O=C([O-])c1cc(S(=O)(=O)O)c2cc(C(=O)[O-])ccc2c1.[Na+].[Na+]. The van der Waals surface area contributed by atoms with Gasteiger partial charge in [0.2, 0.25) is 0 Å². The van der Waals surface area contributed by atoms with Crippen LogP contribution in [0.3, 0.4) is 0 Å². The Kier molecular flexibility index (Phi) is 7.73. The Morgan fingerprint density at radius 1 is 0.909 bits per heavy atom. The molecule has 1 N–H and O–H groups in total. The second-order valence-electron chi connectivity index (χ2n) is 3.96. The first kappa shape index (κ1) is 21.6. The molecule has 7 nitrogen and oxygen atoms in total. The van der Waals surface area contributed by atoms with Crippen LogP contribution in [-0.2, 0) is 10.1 Å². The second-order valence-corrected chi connectivity index (χ2v) is 5.35. The average Bonchev–Trinajstić information content (AvgIpc) is 2.35. The summed E-state index contributed by atoms with van der Waals surface area (Å²) in [5, 5.41) is 21.6. The van der Waals surface area contributed by atoms with Crippen LogP contribution < -0.4 is 69.3 Å². The van der Waals surface area contributed by atoms with Crippen molar-refractivity contribution in [1.82, 2.24) is 0 Å². The van der Waals surface area contributed by atoms with Crippen LogP contribution in [0.4, 0.5) is 0 Å². The van der Waals surface area contributed by atoms with Gasteiger partial charge in [0.1, 0.15) is 4.90 Å². The molecule has 0 fully saturated rings. The summed E-state index contributed by atoms with van der Waals surface area (Å²) in [7, 11) is -4.73. The molecule has 0 aliphatic heterocycles. The molecule has 0 saturated carbocycles. The first-order chi connectivity index (χ1) is 9.20. The number of carbonyl (C=O) groups excluding carboxylic acids is 2. The number of hydrogen-bond acceptors (Lipinski definition) is 6. The summed E-state index contributed by atoms with van der Waals surface area (Å²) in [6, 6.07) is 5.13. The van der Waals surface area contributed by atoms with Crippen LogP contribution >= 0.6 is 0 Å². The van der Waals surface area contributed by atoms with Gasteiger partial charge in [-0.05, 0) is 34.7 Å². The van der Waals surface area contributed by atoms with Gasteiger partial charge in [0, 0.05) is 5.39 Å². The van der Waals surface area contributed by atoms with Crippen LogP contribution in [0.25, 0.3) is 10.8 Å². The maximum absolute atomic E-state index is 11.3. The molecule has 0 aromatic heterocycles. The Morgan fingerprint density at radius 2 is 1.45 bits per heavy atom. The number of carbonyl (C=O) groups is 2. The van der Waals surface area contributed by atoms with Crippen molar-refractivity contribution in [3.8, 4) is 0 Å². The summed E-state index contributed by atoms with van der Waals surface area (Å²) in [5.41, 5.74) is -0.755. The molecule has 104 valence electrons. The van der Waals surface area contributed by atoms with Crippen LogP contribution in [0.2, 0.25) is 0 Å². The minimum atomic E-state index is -4.73. The Labute approximate surface area is 169 Å². The number of aromatic carboxylic acids is 2. The molecule has 2 aromatic rings. The minimum Gasteiger partial charge on any atom is -0.545 e. The molecule has 0 aliphatic carbocycles. The second kappa shape index (κ2) is 7.89. The number of fused-ring (bicyclic) bond motifs is 1. The van der Waals surface area contributed by atoms with Crippen LogP contribution in [0.15, 0.2) is 35.2 Å². The summed E-state index contributed by atoms with van der Waals surface area (Å²) < 4.78 is 31.7. The quantitative estimate of drug-likeness (QED) is 0.433. The van der Waals surface area contributed by atoms with Gasteiger partial charge in [-0.25, -0.2) is 0 Å². The summed E-state index contributed by atoms with van der Waals surface area (Å²) >= 11 is 0. The van der Waals surface area contributed by atoms with Gasteiger partial charge in [0.15, 0.2) is 0 Å². The molecular weight excluding hydrogens is 334 g/mol. The molecule has 10 heteroatoms. The van der Waals surface area contributed by atoms with Gasteiger partial charge in [0.05, 0.1) is 11.9 Å². The topological polar surface area (TPSA) is 135 Å². The fraction of sp³-hybridized carbons (Fsp3) is 0. The maximum atomic E-state index is 11.3. The molecule has 0 unspecified atom stereocenters. The molecule has 0 saturated heterocycles. The summed E-state index contributed by atoms with van der Waals surface area (Å²) in [6.45, 7) is 0. The third kappa shape index (κ3) is 4.53. The van der Waals surface area contributed by atoms with E-state index in [1.165, 1.54) is 6.07 Å². The van der Waals surface area contributed by atoms with E-state index in [1.54, 1.807) is 0 Å². The predicted molar refractivity (Wildman–Crippen MR) is 62.4 cm³/mol. The predicted octanol–water partition coefficient (Wildman–Crippen LogP) is -7.18. The zero-order chi connectivity index (χ0) is 15.1. The van der Waals surface area contributed by atoms with Gasteiger partial charge in [-0.15, -0.1) is 0 Å². The molecule has 0 atom stereocenters. The number of hydrogen-bond donors (Lipinski definition) is 1. The van der Waals surface area contributed by atoms with Gasteiger partial charge >= 0.3 is 59.1 Å². The van der Waals surface area contributed by atoms with E-state index in [4.69, 9.17) is 4.55 Å². The van der Waals surface area contributed by atoms with E-state index in [1.807, 2.05) is 0 Å². The van der Waals surface area contributed by atoms with Gasteiger partial charge in [-0.2, -0.15) is 8.42 Å². The average molecular weight is 340 g/mol. The monoisotopic (exact) mass is 340 g/mol. The van der Waals surface area contributed by atoms with Crippen molar-refractivity contribution in [3.63, 3.8) is 0 Å². The molecule has 0 radical (unpaired) electrons. The molecule has 0 amide bonds.